The standard InChI is InChI=1S/C14H21N3O2/c1-15-7-2-3-8-16-9-6-11-4-5-12-13(10-11)19-14(18)17-12/h4-5,10,15-16H,2-3,6-9H2,1H3,(H,17,18). The third-order valence-electron chi connectivity index (χ3n) is 3.11. The molecule has 0 spiro atoms. The molecule has 19 heavy (non-hydrogen) atoms. The average molecular weight is 263 g/mol. The summed E-state index contributed by atoms with van der Waals surface area (Å²) in [6, 6.07) is 5.84. The Morgan fingerprint density at radius 3 is 2.89 bits per heavy atom. The van der Waals surface area contributed by atoms with E-state index in [-0.39, 0.29) is 0 Å². The van der Waals surface area contributed by atoms with E-state index < -0.39 is 5.76 Å². The number of rotatable bonds is 8. The predicted octanol–water partition coefficient (Wildman–Crippen LogP) is 1.25. The largest absolute Gasteiger partial charge is 0.417 e. The highest BCUT2D eigenvalue weighted by molar-refractivity contribution is 5.72. The minimum atomic E-state index is -0.394. The lowest BCUT2D eigenvalue weighted by Crippen LogP contribution is -2.19. The van der Waals surface area contributed by atoms with Crippen molar-refractivity contribution in [3.05, 3.63) is 34.3 Å². The van der Waals surface area contributed by atoms with Crippen LogP contribution in [0, 0.1) is 0 Å². The highest BCUT2D eigenvalue weighted by atomic mass is 16.4. The van der Waals surface area contributed by atoms with Crippen LogP contribution in [0.1, 0.15) is 18.4 Å². The lowest BCUT2D eigenvalue weighted by atomic mass is 10.1. The van der Waals surface area contributed by atoms with Crippen LogP contribution in [0.25, 0.3) is 11.1 Å². The van der Waals surface area contributed by atoms with Gasteiger partial charge in [-0.15, -0.1) is 0 Å². The molecule has 5 heteroatoms. The second kappa shape index (κ2) is 7.11. The molecule has 1 heterocycles. The minimum absolute atomic E-state index is 0.394. The van der Waals surface area contributed by atoms with Crippen molar-refractivity contribution >= 4 is 11.1 Å². The summed E-state index contributed by atoms with van der Waals surface area (Å²) >= 11 is 0. The Labute approximate surface area is 112 Å². The summed E-state index contributed by atoms with van der Waals surface area (Å²) in [5.74, 6) is -0.394. The van der Waals surface area contributed by atoms with Crippen LogP contribution < -0.4 is 16.4 Å². The minimum Gasteiger partial charge on any atom is -0.408 e. The maximum Gasteiger partial charge on any atom is 0.417 e. The monoisotopic (exact) mass is 263 g/mol. The first-order chi connectivity index (χ1) is 9.29. The van der Waals surface area contributed by atoms with Crippen molar-refractivity contribution in [3.8, 4) is 0 Å². The van der Waals surface area contributed by atoms with E-state index in [2.05, 4.69) is 15.6 Å². The molecule has 0 fully saturated rings. The molecule has 0 aliphatic heterocycles. The van der Waals surface area contributed by atoms with Crippen molar-refractivity contribution in [1.29, 1.82) is 0 Å². The van der Waals surface area contributed by atoms with Gasteiger partial charge in [-0.05, 0) is 63.6 Å². The van der Waals surface area contributed by atoms with Gasteiger partial charge in [0.05, 0.1) is 5.52 Å². The molecule has 0 bridgehead atoms. The second-order valence-corrected chi connectivity index (χ2v) is 4.66. The van der Waals surface area contributed by atoms with Gasteiger partial charge in [-0.25, -0.2) is 4.79 Å². The first-order valence-corrected chi connectivity index (χ1v) is 6.76. The fourth-order valence-corrected chi connectivity index (χ4v) is 2.05. The summed E-state index contributed by atoms with van der Waals surface area (Å²) in [6.45, 7) is 3.06. The molecule has 2 rings (SSSR count). The van der Waals surface area contributed by atoms with Gasteiger partial charge in [-0.3, -0.25) is 4.98 Å². The zero-order valence-corrected chi connectivity index (χ0v) is 11.3. The molecular formula is C14H21N3O2. The summed E-state index contributed by atoms with van der Waals surface area (Å²) < 4.78 is 5.04. The number of hydrogen-bond donors (Lipinski definition) is 3. The molecule has 0 amide bonds. The number of nitrogens with one attached hydrogen (secondary N) is 3. The highest BCUT2D eigenvalue weighted by Gasteiger charge is 2.01. The van der Waals surface area contributed by atoms with Crippen LogP contribution in [0.3, 0.4) is 0 Å². The zero-order chi connectivity index (χ0) is 13.5. The number of hydrogen-bond acceptors (Lipinski definition) is 4. The Bertz CT molecular complexity index is 559. The van der Waals surface area contributed by atoms with Crippen LogP contribution in [0.15, 0.2) is 27.4 Å². The van der Waals surface area contributed by atoms with E-state index >= 15 is 0 Å². The zero-order valence-electron chi connectivity index (χ0n) is 11.3. The lowest BCUT2D eigenvalue weighted by molar-refractivity contribution is 0.555. The number of aromatic amines is 1. The lowest BCUT2D eigenvalue weighted by Gasteiger charge is -2.04. The summed E-state index contributed by atoms with van der Waals surface area (Å²) in [6.07, 6.45) is 3.33. The van der Waals surface area contributed by atoms with E-state index in [4.69, 9.17) is 4.42 Å². The average Bonchev–Trinajstić information content (AvgIpc) is 2.77. The molecule has 0 aliphatic rings. The molecule has 0 aliphatic carbocycles. The summed E-state index contributed by atoms with van der Waals surface area (Å²) in [5.41, 5.74) is 2.57. The Morgan fingerprint density at radius 2 is 2.05 bits per heavy atom. The van der Waals surface area contributed by atoms with Crippen molar-refractivity contribution in [1.82, 2.24) is 15.6 Å². The van der Waals surface area contributed by atoms with Crippen LogP contribution in [-0.4, -0.2) is 31.7 Å². The second-order valence-electron chi connectivity index (χ2n) is 4.66. The summed E-state index contributed by atoms with van der Waals surface area (Å²) in [5, 5.41) is 6.55. The number of oxazole rings is 1. The van der Waals surface area contributed by atoms with Gasteiger partial charge in [-0.2, -0.15) is 0 Å². The molecule has 0 saturated heterocycles. The van der Waals surface area contributed by atoms with Gasteiger partial charge in [-0.1, -0.05) is 6.07 Å². The quantitative estimate of drug-likeness (QED) is 0.627. The van der Waals surface area contributed by atoms with Crippen LogP contribution in [-0.2, 0) is 6.42 Å². The Balaban J connectivity index is 1.74. The molecule has 0 unspecified atom stereocenters. The van der Waals surface area contributed by atoms with Crippen LogP contribution in [0.2, 0.25) is 0 Å². The van der Waals surface area contributed by atoms with E-state index in [0.717, 1.165) is 31.6 Å². The molecule has 0 atom stereocenters. The van der Waals surface area contributed by atoms with Gasteiger partial charge >= 0.3 is 5.76 Å². The number of aromatic nitrogens is 1. The number of H-pyrrole nitrogens is 1. The van der Waals surface area contributed by atoms with Gasteiger partial charge in [0.25, 0.3) is 0 Å². The molecule has 0 radical (unpaired) electrons. The van der Waals surface area contributed by atoms with Crippen molar-refractivity contribution in [2.24, 2.45) is 0 Å². The topological polar surface area (TPSA) is 70.1 Å². The van der Waals surface area contributed by atoms with Gasteiger partial charge in [0, 0.05) is 0 Å². The Morgan fingerprint density at radius 1 is 1.21 bits per heavy atom. The molecule has 3 N–H and O–H groups in total. The van der Waals surface area contributed by atoms with Gasteiger partial charge in [0.1, 0.15) is 0 Å². The van der Waals surface area contributed by atoms with Crippen molar-refractivity contribution in [2.45, 2.75) is 19.3 Å². The van der Waals surface area contributed by atoms with Gasteiger partial charge < -0.3 is 15.1 Å². The maximum atomic E-state index is 11.0. The molecule has 2 aromatic rings. The molecule has 5 nitrogen and oxygen atoms in total. The van der Waals surface area contributed by atoms with Crippen LogP contribution in [0.5, 0.6) is 0 Å². The van der Waals surface area contributed by atoms with Crippen LogP contribution in [0.4, 0.5) is 0 Å². The molecule has 1 aromatic carbocycles. The third-order valence-corrected chi connectivity index (χ3v) is 3.11. The van der Waals surface area contributed by atoms with Gasteiger partial charge in [0.15, 0.2) is 5.58 Å². The number of benzene rings is 1. The SMILES string of the molecule is CNCCCCNCCc1ccc2[nH]c(=O)oc2c1. The van der Waals surface area contributed by atoms with Crippen molar-refractivity contribution < 1.29 is 4.42 Å². The molecular weight excluding hydrogens is 242 g/mol. The van der Waals surface area contributed by atoms with Gasteiger partial charge in [0.2, 0.25) is 0 Å². The molecule has 0 saturated carbocycles. The molecule has 104 valence electrons. The van der Waals surface area contributed by atoms with Crippen LogP contribution >= 0.6 is 0 Å². The number of unbranched alkanes of at least 4 members (excludes halogenated alkanes) is 1. The summed E-state index contributed by atoms with van der Waals surface area (Å²) in [4.78, 5) is 13.7. The molecule has 1 aromatic heterocycles. The van der Waals surface area contributed by atoms with E-state index in [1.54, 1.807) is 0 Å². The van der Waals surface area contributed by atoms with Crippen molar-refractivity contribution in [3.63, 3.8) is 0 Å². The van der Waals surface area contributed by atoms with Crippen molar-refractivity contribution in [2.75, 3.05) is 26.7 Å². The highest BCUT2D eigenvalue weighted by Crippen LogP contribution is 2.12. The van der Waals surface area contributed by atoms with E-state index in [1.807, 2.05) is 25.2 Å². The van der Waals surface area contributed by atoms with E-state index in [9.17, 15) is 4.79 Å². The fraction of sp³-hybridized carbons (Fsp3) is 0.500. The Hall–Kier alpha value is -1.59. The smallest absolute Gasteiger partial charge is 0.408 e. The maximum absolute atomic E-state index is 11.0. The predicted molar refractivity (Wildman–Crippen MR) is 76.6 cm³/mol. The number of fused-ring (bicyclic) bond motifs is 1. The third kappa shape index (κ3) is 4.22. The summed E-state index contributed by atoms with van der Waals surface area (Å²) in [7, 11) is 1.98. The first kappa shape index (κ1) is 13.8. The van der Waals surface area contributed by atoms with E-state index in [0.29, 0.717) is 5.58 Å². The Kier molecular flexibility index (Phi) is 5.18. The van der Waals surface area contributed by atoms with E-state index in [1.165, 1.54) is 18.4 Å². The normalized spacial score (nSPS) is 11.2. The fourth-order valence-electron chi connectivity index (χ4n) is 2.05. The first-order valence-electron chi connectivity index (χ1n) is 6.76.